The standard InChI is InChI=1S/C23H22ClN3O2S/c1-16(28)26-10-12-27(13-11-26)23(29)7-3-17-2-6-22(20(24)14-17)30-19-5-4-18-8-9-25-21(18)15-19/h2-9,14-15,25H,10-13H2,1H3. The maximum Gasteiger partial charge on any atom is 0.246 e. The topological polar surface area (TPSA) is 56.4 Å². The van der Waals surface area contributed by atoms with Crippen molar-refractivity contribution in [2.24, 2.45) is 0 Å². The van der Waals surface area contributed by atoms with Crippen molar-refractivity contribution in [3.05, 3.63) is 65.3 Å². The molecule has 0 aliphatic carbocycles. The Kier molecular flexibility index (Phi) is 6.16. The Bertz CT molecular complexity index is 1120. The second-order valence-corrected chi connectivity index (χ2v) is 8.71. The Morgan fingerprint density at radius 1 is 1.03 bits per heavy atom. The highest BCUT2D eigenvalue weighted by Crippen LogP contribution is 2.35. The molecule has 1 aliphatic rings. The van der Waals surface area contributed by atoms with Crippen molar-refractivity contribution in [3.8, 4) is 0 Å². The maximum atomic E-state index is 12.4. The number of H-pyrrole nitrogens is 1. The number of carbonyl (C=O) groups excluding carboxylic acids is 2. The van der Waals surface area contributed by atoms with Crippen LogP contribution in [0.2, 0.25) is 5.02 Å². The van der Waals surface area contributed by atoms with Gasteiger partial charge in [-0.3, -0.25) is 9.59 Å². The zero-order chi connectivity index (χ0) is 21.1. The number of piperazine rings is 1. The number of hydrogen-bond donors (Lipinski definition) is 1. The van der Waals surface area contributed by atoms with Crippen molar-refractivity contribution in [3.63, 3.8) is 0 Å². The summed E-state index contributed by atoms with van der Waals surface area (Å²) in [5.41, 5.74) is 1.97. The molecule has 4 rings (SSSR count). The van der Waals surface area contributed by atoms with E-state index in [0.717, 1.165) is 20.9 Å². The molecule has 0 atom stereocenters. The smallest absolute Gasteiger partial charge is 0.246 e. The van der Waals surface area contributed by atoms with E-state index in [9.17, 15) is 9.59 Å². The molecule has 3 aromatic rings. The van der Waals surface area contributed by atoms with Crippen LogP contribution >= 0.6 is 23.4 Å². The summed E-state index contributed by atoms with van der Waals surface area (Å²) in [7, 11) is 0. The maximum absolute atomic E-state index is 12.4. The molecule has 0 radical (unpaired) electrons. The highest BCUT2D eigenvalue weighted by atomic mass is 35.5. The Labute approximate surface area is 184 Å². The highest BCUT2D eigenvalue weighted by molar-refractivity contribution is 7.99. The van der Waals surface area contributed by atoms with Gasteiger partial charge in [-0.05, 0) is 47.4 Å². The predicted octanol–water partition coefficient (Wildman–Crippen LogP) is 4.68. The van der Waals surface area contributed by atoms with Gasteiger partial charge in [-0.25, -0.2) is 0 Å². The molecule has 7 heteroatoms. The number of nitrogens with zero attached hydrogens (tertiary/aromatic N) is 2. The van der Waals surface area contributed by atoms with E-state index in [4.69, 9.17) is 11.6 Å². The van der Waals surface area contributed by atoms with E-state index in [1.54, 1.807) is 40.6 Å². The molecule has 1 saturated heterocycles. The Hall–Kier alpha value is -2.70. The number of carbonyl (C=O) groups is 2. The van der Waals surface area contributed by atoms with Gasteiger partial charge in [0.2, 0.25) is 11.8 Å². The second-order valence-electron chi connectivity index (χ2n) is 7.18. The van der Waals surface area contributed by atoms with Crippen molar-refractivity contribution >= 4 is 52.2 Å². The van der Waals surface area contributed by atoms with Crippen molar-refractivity contribution in [1.82, 2.24) is 14.8 Å². The lowest BCUT2D eigenvalue weighted by Crippen LogP contribution is -2.49. The summed E-state index contributed by atoms with van der Waals surface area (Å²) in [5, 5.41) is 1.83. The molecule has 1 aliphatic heterocycles. The molecule has 5 nitrogen and oxygen atoms in total. The third kappa shape index (κ3) is 4.71. The fourth-order valence-corrected chi connectivity index (χ4v) is 4.60. The molecule has 0 unspecified atom stereocenters. The quantitative estimate of drug-likeness (QED) is 0.600. The van der Waals surface area contributed by atoms with Crippen LogP contribution in [0.3, 0.4) is 0 Å². The van der Waals surface area contributed by atoms with E-state index in [0.29, 0.717) is 31.2 Å². The summed E-state index contributed by atoms with van der Waals surface area (Å²) in [6, 6.07) is 14.1. The molecule has 0 saturated carbocycles. The Morgan fingerprint density at radius 3 is 2.53 bits per heavy atom. The number of fused-ring (bicyclic) bond motifs is 1. The minimum absolute atomic E-state index is 0.0490. The zero-order valence-corrected chi connectivity index (χ0v) is 18.2. The highest BCUT2D eigenvalue weighted by Gasteiger charge is 2.20. The van der Waals surface area contributed by atoms with E-state index < -0.39 is 0 Å². The number of halogens is 1. The van der Waals surface area contributed by atoms with E-state index in [1.165, 1.54) is 5.39 Å². The van der Waals surface area contributed by atoms with Crippen LogP contribution in [-0.4, -0.2) is 52.8 Å². The number of benzene rings is 2. The average Bonchev–Trinajstić information content (AvgIpc) is 3.21. The first-order valence-electron chi connectivity index (χ1n) is 9.77. The minimum atomic E-state index is -0.0490. The molecule has 0 bridgehead atoms. The van der Waals surface area contributed by atoms with Gasteiger partial charge in [0.15, 0.2) is 0 Å². The molecule has 1 aromatic heterocycles. The van der Waals surface area contributed by atoms with Gasteiger partial charge in [0.25, 0.3) is 0 Å². The summed E-state index contributed by atoms with van der Waals surface area (Å²) in [5.74, 6) is 0.00471. The van der Waals surface area contributed by atoms with E-state index in [2.05, 4.69) is 23.2 Å². The van der Waals surface area contributed by atoms with Crippen LogP contribution in [0, 0.1) is 0 Å². The fourth-order valence-electron chi connectivity index (χ4n) is 3.44. The molecule has 30 heavy (non-hydrogen) atoms. The van der Waals surface area contributed by atoms with Gasteiger partial charge in [-0.2, -0.15) is 0 Å². The SMILES string of the molecule is CC(=O)N1CCN(C(=O)C=Cc2ccc(Sc3ccc4cc[nH]c4c3)c(Cl)c2)CC1. The lowest BCUT2D eigenvalue weighted by molar-refractivity contribution is -0.135. The molecule has 0 spiro atoms. The molecule has 154 valence electrons. The van der Waals surface area contributed by atoms with Gasteiger partial charge in [-0.15, -0.1) is 0 Å². The predicted molar refractivity (Wildman–Crippen MR) is 122 cm³/mol. The zero-order valence-electron chi connectivity index (χ0n) is 16.6. The number of hydrogen-bond acceptors (Lipinski definition) is 3. The van der Waals surface area contributed by atoms with Crippen molar-refractivity contribution in [1.29, 1.82) is 0 Å². The molecule has 2 heterocycles. The monoisotopic (exact) mass is 439 g/mol. The van der Waals surface area contributed by atoms with E-state index in [1.807, 2.05) is 30.5 Å². The van der Waals surface area contributed by atoms with Crippen molar-refractivity contribution in [2.75, 3.05) is 26.2 Å². The second kappa shape index (κ2) is 8.98. The Balaban J connectivity index is 1.39. The largest absolute Gasteiger partial charge is 0.361 e. The minimum Gasteiger partial charge on any atom is -0.361 e. The molecule has 2 aromatic carbocycles. The van der Waals surface area contributed by atoms with Gasteiger partial charge in [0, 0.05) is 60.7 Å². The van der Waals surface area contributed by atoms with Gasteiger partial charge >= 0.3 is 0 Å². The fraction of sp³-hybridized carbons (Fsp3) is 0.217. The first kappa shape index (κ1) is 20.6. The van der Waals surface area contributed by atoms with Crippen LogP contribution in [0.1, 0.15) is 12.5 Å². The summed E-state index contributed by atoms with van der Waals surface area (Å²) >= 11 is 8.10. The summed E-state index contributed by atoms with van der Waals surface area (Å²) in [6.07, 6.45) is 5.28. The summed E-state index contributed by atoms with van der Waals surface area (Å²) in [4.78, 5) is 32.6. The number of aromatic amines is 1. The van der Waals surface area contributed by atoms with Crippen LogP contribution in [0.25, 0.3) is 17.0 Å². The summed E-state index contributed by atoms with van der Waals surface area (Å²) < 4.78 is 0. The first-order valence-corrected chi connectivity index (χ1v) is 11.0. The first-order chi connectivity index (χ1) is 14.5. The van der Waals surface area contributed by atoms with E-state index in [-0.39, 0.29) is 11.8 Å². The van der Waals surface area contributed by atoms with Crippen molar-refractivity contribution in [2.45, 2.75) is 16.7 Å². The van der Waals surface area contributed by atoms with Gasteiger partial charge in [0.1, 0.15) is 0 Å². The third-order valence-corrected chi connectivity index (χ3v) is 6.66. The van der Waals surface area contributed by atoms with Gasteiger partial charge < -0.3 is 14.8 Å². The van der Waals surface area contributed by atoms with Crippen LogP contribution in [-0.2, 0) is 9.59 Å². The molecular weight excluding hydrogens is 418 g/mol. The lowest BCUT2D eigenvalue weighted by atomic mass is 10.2. The van der Waals surface area contributed by atoms with Gasteiger partial charge in [0.05, 0.1) is 5.02 Å². The van der Waals surface area contributed by atoms with Crippen LogP contribution in [0.15, 0.2) is 64.5 Å². The summed E-state index contributed by atoms with van der Waals surface area (Å²) in [6.45, 7) is 3.85. The molecule has 1 fully saturated rings. The normalized spacial score (nSPS) is 14.6. The van der Waals surface area contributed by atoms with Gasteiger partial charge in [-0.1, -0.05) is 35.5 Å². The molecular formula is C23H22ClN3O2S. The Morgan fingerprint density at radius 2 is 1.80 bits per heavy atom. The van der Waals surface area contributed by atoms with Crippen LogP contribution < -0.4 is 0 Å². The van der Waals surface area contributed by atoms with Crippen LogP contribution in [0.5, 0.6) is 0 Å². The third-order valence-electron chi connectivity index (χ3n) is 5.17. The van der Waals surface area contributed by atoms with Crippen LogP contribution in [0.4, 0.5) is 0 Å². The average molecular weight is 440 g/mol. The van der Waals surface area contributed by atoms with Crippen molar-refractivity contribution < 1.29 is 9.59 Å². The number of amides is 2. The number of rotatable bonds is 4. The molecule has 2 amide bonds. The molecule has 1 N–H and O–H groups in total. The lowest BCUT2D eigenvalue weighted by Gasteiger charge is -2.33. The van der Waals surface area contributed by atoms with E-state index >= 15 is 0 Å². The number of aromatic nitrogens is 1. The number of nitrogens with one attached hydrogen (secondary N) is 1.